The van der Waals surface area contributed by atoms with Gasteiger partial charge in [0.05, 0.1) is 12.1 Å². The molecular formula is C22H24N4O2. The number of aromatic nitrogens is 2. The Kier molecular flexibility index (Phi) is 5.48. The number of carbonyl (C=O) groups excluding carboxylic acids is 1. The number of fused-ring (bicyclic) bond motifs is 1. The zero-order valence-corrected chi connectivity index (χ0v) is 16.0. The molecular weight excluding hydrogens is 352 g/mol. The normalized spacial score (nSPS) is 15.0. The maximum absolute atomic E-state index is 12.2. The van der Waals surface area contributed by atoms with E-state index in [1.165, 1.54) is 5.56 Å². The zero-order valence-electron chi connectivity index (χ0n) is 16.0. The van der Waals surface area contributed by atoms with E-state index in [4.69, 9.17) is 4.74 Å². The molecule has 1 aliphatic heterocycles. The van der Waals surface area contributed by atoms with Gasteiger partial charge in [-0.05, 0) is 24.6 Å². The summed E-state index contributed by atoms with van der Waals surface area (Å²) in [5, 5.41) is 0.965. The van der Waals surface area contributed by atoms with E-state index in [1.807, 2.05) is 30.3 Å². The minimum atomic E-state index is -0.475. The molecule has 1 aromatic heterocycles. The first-order valence-corrected chi connectivity index (χ1v) is 9.69. The van der Waals surface area contributed by atoms with E-state index >= 15 is 0 Å². The van der Waals surface area contributed by atoms with Gasteiger partial charge in [-0.2, -0.15) is 0 Å². The number of nitrogens with zero attached hydrogens (tertiary/aromatic N) is 4. The number of hydrogen-bond acceptors (Lipinski definition) is 6. The summed E-state index contributed by atoms with van der Waals surface area (Å²) in [6, 6.07) is 18.3. The van der Waals surface area contributed by atoms with Gasteiger partial charge in [-0.1, -0.05) is 42.5 Å². The van der Waals surface area contributed by atoms with Gasteiger partial charge in [-0.15, -0.1) is 0 Å². The van der Waals surface area contributed by atoms with Crippen molar-refractivity contribution >= 4 is 22.7 Å². The number of anilines is 1. The van der Waals surface area contributed by atoms with Crippen molar-refractivity contribution in [3.05, 3.63) is 66.0 Å². The van der Waals surface area contributed by atoms with Gasteiger partial charge in [0.1, 0.15) is 5.82 Å². The summed E-state index contributed by atoms with van der Waals surface area (Å²) in [6.07, 6.45) is 0. The van der Waals surface area contributed by atoms with Crippen molar-refractivity contribution in [2.75, 3.05) is 37.7 Å². The van der Waals surface area contributed by atoms with Crippen molar-refractivity contribution in [1.82, 2.24) is 14.9 Å². The first kappa shape index (κ1) is 18.4. The minimum Gasteiger partial charge on any atom is -0.460 e. The molecule has 6 nitrogen and oxygen atoms in total. The Hall–Kier alpha value is -2.99. The highest BCUT2D eigenvalue weighted by atomic mass is 16.5. The fourth-order valence-corrected chi connectivity index (χ4v) is 3.55. The van der Waals surface area contributed by atoms with Crippen LogP contribution in [0.4, 0.5) is 5.82 Å². The topological polar surface area (TPSA) is 58.6 Å². The van der Waals surface area contributed by atoms with Gasteiger partial charge in [0.15, 0.2) is 0 Å². The fraction of sp³-hybridized carbons (Fsp3) is 0.318. The summed E-state index contributed by atoms with van der Waals surface area (Å²) < 4.78 is 5.11. The van der Waals surface area contributed by atoms with Crippen LogP contribution in [-0.2, 0) is 11.3 Å². The van der Waals surface area contributed by atoms with Crippen molar-refractivity contribution in [3.8, 4) is 0 Å². The average molecular weight is 376 g/mol. The van der Waals surface area contributed by atoms with Crippen LogP contribution >= 0.6 is 0 Å². The lowest BCUT2D eigenvalue weighted by atomic mass is 10.2. The molecule has 28 heavy (non-hydrogen) atoms. The van der Waals surface area contributed by atoms with Crippen LogP contribution in [0.25, 0.3) is 10.9 Å². The summed E-state index contributed by atoms with van der Waals surface area (Å²) in [5.74, 6) is 0.465. The molecule has 0 unspecified atom stereocenters. The summed E-state index contributed by atoms with van der Waals surface area (Å²) in [6.45, 7) is 6.65. The van der Waals surface area contributed by atoms with Gasteiger partial charge in [-0.3, -0.25) is 4.90 Å². The number of ether oxygens (including phenoxy) is 1. The maximum Gasteiger partial charge on any atom is 0.376 e. The van der Waals surface area contributed by atoms with Gasteiger partial charge in [0, 0.05) is 38.1 Å². The van der Waals surface area contributed by atoms with E-state index in [1.54, 1.807) is 6.92 Å². The monoisotopic (exact) mass is 376 g/mol. The standard InChI is InChI=1S/C22H24N4O2/c1-2-28-22(27)20-23-19-11-7-6-10-18(19)21(24-20)26-14-12-25(13-15-26)16-17-8-4-3-5-9-17/h3-11H,2,12-16H2,1H3. The Morgan fingerprint density at radius 1 is 0.964 bits per heavy atom. The van der Waals surface area contributed by atoms with Crippen molar-refractivity contribution in [1.29, 1.82) is 0 Å². The predicted octanol–water partition coefficient (Wildman–Crippen LogP) is 3.13. The number of esters is 1. The molecule has 6 heteroatoms. The highest BCUT2D eigenvalue weighted by molar-refractivity contribution is 5.94. The second kappa shape index (κ2) is 8.35. The SMILES string of the molecule is CCOC(=O)c1nc(N2CCN(Cc3ccccc3)CC2)c2ccccc2n1. The molecule has 0 N–H and O–H groups in total. The van der Waals surface area contributed by atoms with Gasteiger partial charge >= 0.3 is 5.97 Å². The molecule has 0 atom stereocenters. The molecule has 0 amide bonds. The number of carbonyl (C=O) groups is 1. The first-order chi connectivity index (χ1) is 13.7. The minimum absolute atomic E-state index is 0.127. The number of hydrogen-bond donors (Lipinski definition) is 0. The Balaban J connectivity index is 1.55. The van der Waals surface area contributed by atoms with Crippen LogP contribution < -0.4 is 4.90 Å². The van der Waals surface area contributed by atoms with E-state index < -0.39 is 5.97 Å². The Morgan fingerprint density at radius 2 is 1.68 bits per heavy atom. The van der Waals surface area contributed by atoms with Crippen LogP contribution in [0.3, 0.4) is 0 Å². The third kappa shape index (κ3) is 3.97. The maximum atomic E-state index is 12.2. The summed E-state index contributed by atoms with van der Waals surface area (Å²) in [4.78, 5) is 25.9. The molecule has 0 spiro atoms. The third-order valence-corrected chi connectivity index (χ3v) is 4.96. The molecule has 1 saturated heterocycles. The molecule has 0 radical (unpaired) electrons. The number of piperazine rings is 1. The summed E-state index contributed by atoms with van der Waals surface area (Å²) in [7, 11) is 0. The lowest BCUT2D eigenvalue weighted by Crippen LogP contribution is -2.46. The van der Waals surface area contributed by atoms with Crippen LogP contribution in [-0.4, -0.2) is 53.6 Å². The van der Waals surface area contributed by atoms with E-state index in [0.29, 0.717) is 6.61 Å². The lowest BCUT2D eigenvalue weighted by molar-refractivity contribution is 0.0512. The molecule has 3 aromatic rings. The first-order valence-electron chi connectivity index (χ1n) is 9.69. The molecule has 2 aromatic carbocycles. The molecule has 0 bridgehead atoms. The van der Waals surface area contributed by atoms with Crippen molar-refractivity contribution in [2.24, 2.45) is 0 Å². The van der Waals surface area contributed by atoms with Crippen LogP contribution in [0.5, 0.6) is 0 Å². The Bertz CT molecular complexity index is 953. The van der Waals surface area contributed by atoms with Crippen LogP contribution in [0.2, 0.25) is 0 Å². The molecule has 4 rings (SSSR count). The third-order valence-electron chi connectivity index (χ3n) is 4.96. The zero-order chi connectivity index (χ0) is 19.3. The second-order valence-corrected chi connectivity index (χ2v) is 6.86. The summed E-state index contributed by atoms with van der Waals surface area (Å²) >= 11 is 0. The van der Waals surface area contributed by atoms with Gasteiger partial charge < -0.3 is 9.64 Å². The highest BCUT2D eigenvalue weighted by Gasteiger charge is 2.22. The van der Waals surface area contributed by atoms with E-state index in [9.17, 15) is 4.79 Å². The highest BCUT2D eigenvalue weighted by Crippen LogP contribution is 2.25. The van der Waals surface area contributed by atoms with Gasteiger partial charge in [0.2, 0.25) is 5.82 Å². The van der Waals surface area contributed by atoms with E-state index in [-0.39, 0.29) is 5.82 Å². The second-order valence-electron chi connectivity index (χ2n) is 6.86. The molecule has 1 fully saturated rings. The molecule has 0 aliphatic carbocycles. The van der Waals surface area contributed by atoms with E-state index in [0.717, 1.165) is 49.4 Å². The number of rotatable bonds is 5. The van der Waals surface area contributed by atoms with Gasteiger partial charge in [-0.25, -0.2) is 14.8 Å². The van der Waals surface area contributed by atoms with Crippen LogP contribution in [0, 0.1) is 0 Å². The van der Waals surface area contributed by atoms with Crippen molar-refractivity contribution in [2.45, 2.75) is 13.5 Å². The quantitative estimate of drug-likeness (QED) is 0.638. The summed E-state index contributed by atoms with van der Waals surface area (Å²) in [5.41, 5.74) is 2.09. The van der Waals surface area contributed by atoms with Gasteiger partial charge in [0.25, 0.3) is 0 Å². The molecule has 0 saturated carbocycles. The molecule has 1 aliphatic rings. The fourth-order valence-electron chi connectivity index (χ4n) is 3.55. The number of benzene rings is 2. The van der Waals surface area contributed by atoms with Crippen LogP contribution in [0.15, 0.2) is 54.6 Å². The molecule has 144 valence electrons. The Morgan fingerprint density at radius 3 is 2.43 bits per heavy atom. The van der Waals surface area contributed by atoms with Crippen molar-refractivity contribution in [3.63, 3.8) is 0 Å². The average Bonchev–Trinajstić information content (AvgIpc) is 2.74. The smallest absolute Gasteiger partial charge is 0.376 e. The Labute approximate surface area is 164 Å². The predicted molar refractivity (Wildman–Crippen MR) is 109 cm³/mol. The largest absolute Gasteiger partial charge is 0.460 e. The van der Waals surface area contributed by atoms with E-state index in [2.05, 4.69) is 44.0 Å². The molecule has 2 heterocycles. The lowest BCUT2D eigenvalue weighted by Gasteiger charge is -2.36. The van der Waals surface area contributed by atoms with Crippen molar-refractivity contribution < 1.29 is 9.53 Å². The number of para-hydroxylation sites is 1. The van der Waals surface area contributed by atoms with Crippen LogP contribution in [0.1, 0.15) is 23.1 Å².